The highest BCUT2D eigenvalue weighted by Gasteiger charge is 2.14. The summed E-state index contributed by atoms with van der Waals surface area (Å²) in [4.78, 5) is 18.0. The molecule has 0 aliphatic carbocycles. The Hall–Kier alpha value is -2.62. The maximum atomic E-state index is 13.3. The molecule has 4 rings (SSSR count). The molecule has 4 aromatic rings. The fourth-order valence-electron chi connectivity index (χ4n) is 2.91. The maximum Gasteiger partial charge on any atom is 0.266 e. The second kappa shape index (κ2) is 6.94. The molecular formula is C21H14Cl2N2O. The van der Waals surface area contributed by atoms with Crippen molar-refractivity contribution >= 4 is 34.1 Å². The van der Waals surface area contributed by atoms with Gasteiger partial charge in [-0.2, -0.15) is 0 Å². The summed E-state index contributed by atoms with van der Waals surface area (Å²) >= 11 is 12.0. The first-order valence-electron chi connectivity index (χ1n) is 8.10. The molecule has 0 atom stereocenters. The van der Waals surface area contributed by atoms with Crippen molar-refractivity contribution in [1.82, 2.24) is 9.55 Å². The minimum atomic E-state index is -0.157. The van der Waals surface area contributed by atoms with E-state index in [0.29, 0.717) is 27.6 Å². The van der Waals surface area contributed by atoms with Crippen LogP contribution in [-0.4, -0.2) is 9.55 Å². The second-order valence-corrected chi connectivity index (χ2v) is 6.61. The van der Waals surface area contributed by atoms with Crippen LogP contribution in [0.25, 0.3) is 28.0 Å². The Balaban J connectivity index is 2.07. The molecule has 0 fully saturated rings. The lowest BCUT2D eigenvalue weighted by Gasteiger charge is -2.14. The van der Waals surface area contributed by atoms with Gasteiger partial charge in [-0.25, -0.2) is 4.98 Å². The molecule has 0 bridgehead atoms. The van der Waals surface area contributed by atoms with E-state index in [2.05, 4.69) is 0 Å². The molecule has 0 radical (unpaired) electrons. The van der Waals surface area contributed by atoms with Gasteiger partial charge in [0, 0.05) is 16.5 Å². The molecule has 26 heavy (non-hydrogen) atoms. The first-order chi connectivity index (χ1) is 12.7. The van der Waals surface area contributed by atoms with Crippen LogP contribution >= 0.6 is 23.2 Å². The Morgan fingerprint density at radius 3 is 2.35 bits per heavy atom. The molecule has 0 N–H and O–H groups in total. The molecule has 0 amide bonds. The van der Waals surface area contributed by atoms with Crippen LogP contribution in [0.3, 0.4) is 0 Å². The molecule has 3 aromatic carbocycles. The van der Waals surface area contributed by atoms with Gasteiger partial charge in [-0.15, -0.1) is 11.6 Å². The summed E-state index contributed by atoms with van der Waals surface area (Å²) in [5.74, 6) is 1.01. The zero-order valence-electron chi connectivity index (χ0n) is 13.7. The smallest absolute Gasteiger partial charge is 0.266 e. The summed E-state index contributed by atoms with van der Waals surface area (Å²) < 4.78 is 1.62. The van der Waals surface area contributed by atoms with Gasteiger partial charge in [0.1, 0.15) is 5.82 Å². The van der Waals surface area contributed by atoms with Crippen LogP contribution in [0.15, 0.2) is 77.6 Å². The van der Waals surface area contributed by atoms with Crippen molar-refractivity contribution in [2.75, 3.05) is 0 Å². The maximum absolute atomic E-state index is 13.3. The van der Waals surface area contributed by atoms with E-state index < -0.39 is 0 Å². The van der Waals surface area contributed by atoms with Gasteiger partial charge in [-0.05, 0) is 35.9 Å². The van der Waals surface area contributed by atoms with E-state index in [0.717, 1.165) is 16.8 Å². The van der Waals surface area contributed by atoms with E-state index in [1.54, 1.807) is 22.8 Å². The number of fused-ring (bicyclic) bond motifs is 1. The highest BCUT2D eigenvalue weighted by molar-refractivity contribution is 6.31. The highest BCUT2D eigenvalue weighted by Crippen LogP contribution is 2.23. The summed E-state index contributed by atoms with van der Waals surface area (Å²) in [7, 11) is 0. The predicted octanol–water partition coefficient (Wildman–Crippen LogP) is 5.44. The van der Waals surface area contributed by atoms with E-state index >= 15 is 0 Å². The molecule has 0 unspecified atom stereocenters. The summed E-state index contributed by atoms with van der Waals surface area (Å²) in [5.41, 5.74) is 3.04. The Bertz CT molecular complexity index is 1140. The molecular weight excluding hydrogens is 367 g/mol. The van der Waals surface area contributed by atoms with E-state index in [-0.39, 0.29) is 5.56 Å². The van der Waals surface area contributed by atoms with Gasteiger partial charge in [0.15, 0.2) is 0 Å². The lowest BCUT2D eigenvalue weighted by Crippen LogP contribution is -2.22. The molecule has 0 saturated carbocycles. The zero-order chi connectivity index (χ0) is 18.1. The summed E-state index contributed by atoms with van der Waals surface area (Å²) in [6, 6.07) is 22.4. The monoisotopic (exact) mass is 380 g/mol. The first-order valence-corrected chi connectivity index (χ1v) is 9.01. The molecule has 0 aliphatic rings. The summed E-state index contributed by atoms with van der Waals surface area (Å²) in [5, 5.41) is 0.992. The van der Waals surface area contributed by atoms with Crippen LogP contribution in [0, 0.1) is 0 Å². The number of nitrogens with zero attached hydrogens (tertiary/aromatic N) is 2. The van der Waals surface area contributed by atoms with E-state index in [4.69, 9.17) is 28.2 Å². The number of alkyl halides is 1. The van der Waals surface area contributed by atoms with Crippen LogP contribution in [-0.2, 0) is 5.88 Å². The van der Waals surface area contributed by atoms with Crippen LogP contribution in [0.2, 0.25) is 5.02 Å². The van der Waals surface area contributed by atoms with Gasteiger partial charge in [-0.3, -0.25) is 9.36 Å². The fraction of sp³-hybridized carbons (Fsp3) is 0.0476. The van der Waals surface area contributed by atoms with Crippen molar-refractivity contribution in [2.45, 2.75) is 5.88 Å². The molecule has 5 heteroatoms. The van der Waals surface area contributed by atoms with Gasteiger partial charge < -0.3 is 0 Å². The third-order valence-corrected chi connectivity index (χ3v) is 4.75. The van der Waals surface area contributed by atoms with Gasteiger partial charge >= 0.3 is 0 Å². The summed E-state index contributed by atoms with van der Waals surface area (Å²) in [6.07, 6.45) is 0. The standard InChI is InChI=1S/C21H14Cl2N2O/c22-13-14-6-9-17(10-7-14)25-20(15-4-2-1-3-5-15)24-19-11-8-16(23)12-18(19)21(25)26/h1-12H,13H2. The highest BCUT2D eigenvalue weighted by atomic mass is 35.5. The minimum Gasteiger partial charge on any atom is -0.268 e. The molecule has 128 valence electrons. The van der Waals surface area contributed by atoms with E-state index in [1.165, 1.54) is 0 Å². The quantitative estimate of drug-likeness (QED) is 0.443. The molecule has 1 heterocycles. The van der Waals surface area contributed by atoms with Crippen molar-refractivity contribution in [3.8, 4) is 17.1 Å². The molecule has 0 aliphatic heterocycles. The number of benzene rings is 3. The fourth-order valence-corrected chi connectivity index (χ4v) is 3.26. The molecule has 3 nitrogen and oxygen atoms in total. The first kappa shape index (κ1) is 16.8. The van der Waals surface area contributed by atoms with E-state index in [1.807, 2.05) is 54.6 Å². The van der Waals surface area contributed by atoms with Crippen molar-refractivity contribution in [1.29, 1.82) is 0 Å². The zero-order valence-corrected chi connectivity index (χ0v) is 15.2. The Kier molecular flexibility index (Phi) is 4.49. The number of halogens is 2. The minimum absolute atomic E-state index is 0.157. The van der Waals surface area contributed by atoms with Gasteiger partial charge in [0.2, 0.25) is 0 Å². The number of hydrogen-bond donors (Lipinski definition) is 0. The second-order valence-electron chi connectivity index (χ2n) is 5.90. The third kappa shape index (κ3) is 3.00. The topological polar surface area (TPSA) is 34.9 Å². The number of hydrogen-bond acceptors (Lipinski definition) is 2. The lowest BCUT2D eigenvalue weighted by molar-refractivity contribution is 0.974. The largest absolute Gasteiger partial charge is 0.268 e. The number of aromatic nitrogens is 2. The van der Waals surface area contributed by atoms with Gasteiger partial charge in [0.05, 0.1) is 16.6 Å². The van der Waals surface area contributed by atoms with Crippen molar-refractivity contribution in [3.63, 3.8) is 0 Å². The van der Waals surface area contributed by atoms with Crippen molar-refractivity contribution in [2.24, 2.45) is 0 Å². The van der Waals surface area contributed by atoms with Crippen molar-refractivity contribution in [3.05, 3.63) is 93.7 Å². The van der Waals surface area contributed by atoms with Crippen molar-refractivity contribution < 1.29 is 0 Å². The molecule has 1 aromatic heterocycles. The normalized spacial score (nSPS) is 11.0. The summed E-state index contributed by atoms with van der Waals surface area (Å²) in [6.45, 7) is 0. The Labute approximate surface area is 160 Å². The third-order valence-electron chi connectivity index (χ3n) is 4.21. The SMILES string of the molecule is O=c1c2cc(Cl)ccc2nc(-c2ccccc2)n1-c1ccc(CCl)cc1. The average molecular weight is 381 g/mol. The van der Waals surface area contributed by atoms with Crippen LogP contribution in [0.5, 0.6) is 0 Å². The Morgan fingerprint density at radius 1 is 0.923 bits per heavy atom. The molecule has 0 saturated heterocycles. The lowest BCUT2D eigenvalue weighted by atomic mass is 10.1. The van der Waals surface area contributed by atoms with Crippen LogP contribution < -0.4 is 5.56 Å². The van der Waals surface area contributed by atoms with Crippen LogP contribution in [0.1, 0.15) is 5.56 Å². The van der Waals surface area contributed by atoms with Gasteiger partial charge in [0.25, 0.3) is 5.56 Å². The average Bonchev–Trinajstić information content (AvgIpc) is 2.69. The van der Waals surface area contributed by atoms with E-state index in [9.17, 15) is 4.79 Å². The number of rotatable bonds is 3. The predicted molar refractivity (Wildman–Crippen MR) is 107 cm³/mol. The van der Waals surface area contributed by atoms with Gasteiger partial charge in [-0.1, -0.05) is 54.1 Å². The van der Waals surface area contributed by atoms with Crippen LogP contribution in [0.4, 0.5) is 0 Å². The Morgan fingerprint density at radius 2 is 1.65 bits per heavy atom. The molecule has 0 spiro atoms.